The summed E-state index contributed by atoms with van der Waals surface area (Å²) < 4.78 is 27.0. The molecule has 1 aliphatic carbocycles. The number of para-hydroxylation sites is 1. The minimum absolute atomic E-state index is 0.0714. The fourth-order valence-electron chi connectivity index (χ4n) is 13.7. The molecule has 18 nitrogen and oxygen atoms in total. The smallest absolute Gasteiger partial charge is 0.273 e. The number of phenols is 1. The first-order chi connectivity index (χ1) is 38.9. The van der Waals surface area contributed by atoms with Crippen molar-refractivity contribution in [3.05, 3.63) is 125 Å². The average Bonchev–Trinajstić information content (AvgIpc) is 4.33. The van der Waals surface area contributed by atoms with Crippen molar-refractivity contribution in [1.82, 2.24) is 45.4 Å². The summed E-state index contributed by atoms with van der Waals surface area (Å²) in [4.78, 5) is 28.7. The number of phenolic OH excluding ortho intramolecular Hbond substituents is 1. The number of aliphatic hydroxyl groups excluding tert-OH is 2. The topological polar surface area (TPSA) is 210 Å². The number of piperazine rings is 1. The summed E-state index contributed by atoms with van der Waals surface area (Å²) in [6.45, 7) is 9.80. The minimum atomic E-state index is -1.12. The number of aromatic amines is 1. The number of ether oxygens (including phenoxy) is 1. The van der Waals surface area contributed by atoms with E-state index < -0.39 is 30.0 Å². The van der Waals surface area contributed by atoms with Gasteiger partial charge in [-0.05, 0) is 123 Å². The zero-order chi connectivity index (χ0) is 54.8. The number of rotatable bonds is 14. The number of aromatic nitrogens is 6. The van der Waals surface area contributed by atoms with Gasteiger partial charge in [-0.2, -0.15) is 0 Å². The maximum atomic E-state index is 14.5. The van der Waals surface area contributed by atoms with E-state index in [1.807, 2.05) is 74.3 Å². The third kappa shape index (κ3) is 9.87. The number of β-amino-alcohol motifs (C(OH)–C–C–N with tert-alkyl or cyclic N) is 1. The molecule has 418 valence electrons. The van der Waals surface area contributed by atoms with Crippen LogP contribution in [0.4, 0.5) is 16.0 Å². The zero-order valence-electron chi connectivity index (χ0n) is 45.2. The first-order valence-corrected chi connectivity index (χ1v) is 28.8. The van der Waals surface area contributed by atoms with E-state index >= 15 is 0 Å². The first-order valence-electron chi connectivity index (χ1n) is 28.4. The third-order valence-corrected chi connectivity index (χ3v) is 18.4. The number of amidine groups is 1. The van der Waals surface area contributed by atoms with Crippen molar-refractivity contribution in [1.29, 1.82) is 0 Å². The Morgan fingerprint density at radius 1 is 0.850 bits per heavy atom. The van der Waals surface area contributed by atoms with E-state index in [1.165, 1.54) is 11.6 Å². The van der Waals surface area contributed by atoms with Crippen LogP contribution in [-0.2, 0) is 10.6 Å². The molecule has 20 heteroatoms. The van der Waals surface area contributed by atoms with Crippen LogP contribution in [0, 0.1) is 11.7 Å². The van der Waals surface area contributed by atoms with Crippen molar-refractivity contribution in [2.24, 2.45) is 11.1 Å². The van der Waals surface area contributed by atoms with Crippen LogP contribution < -0.4 is 19.9 Å². The Morgan fingerprint density at radius 3 is 2.26 bits per heavy atom. The number of halogens is 2. The summed E-state index contributed by atoms with van der Waals surface area (Å²) in [7, 11) is 0. The van der Waals surface area contributed by atoms with Gasteiger partial charge >= 0.3 is 0 Å². The molecular formula is C60H68ClFN12O6. The Balaban J connectivity index is 0.586. The molecule has 9 heterocycles. The van der Waals surface area contributed by atoms with Gasteiger partial charge in [0.2, 0.25) is 11.7 Å². The maximum Gasteiger partial charge on any atom is 0.273 e. The van der Waals surface area contributed by atoms with E-state index in [1.54, 1.807) is 30.3 Å². The lowest BCUT2D eigenvalue weighted by molar-refractivity contribution is -0.0352. The van der Waals surface area contributed by atoms with Gasteiger partial charge in [-0.1, -0.05) is 85.2 Å². The molecule has 7 aromatic rings. The average molecular weight is 1110 g/mol. The molecule has 0 spiro atoms. The summed E-state index contributed by atoms with van der Waals surface area (Å²) in [5.41, 5.74) is 5.35. The van der Waals surface area contributed by atoms with Crippen molar-refractivity contribution >= 4 is 40.1 Å². The standard InChI is InChI=1S/C60H68ClFN12O6/c1-34(2)52(58(77)73-33-42(75)26-49(73)56-66-60(3,80-69-56)38-14-12-36(13-15-38)44-8-4-6-10-47(44)62)54-53(61)57(70-79-54)78-43-20-18-39(19-21-43)71-24-22-35(23-25-71)37-28-64-59(65-29-37)74-40-16-17-41(74)32-72(31-40)50-30-63-55-46(50)27-48(67-68-55)45-9-5-7-11-51(45)76/h4-15,27-30,34-35,39-43,49,52,58,75-77H,16-26,31-33H2,1-3H3,(H,63,68)(H,66,69)/t39-,40?,41?,42-,43-,49+,52-,58?,60-/m1/s1. The number of aliphatic hydroxyl groups is 2. The van der Waals surface area contributed by atoms with Gasteiger partial charge in [0.1, 0.15) is 28.9 Å². The molecule has 13 rings (SSSR count). The van der Waals surface area contributed by atoms with Crippen LogP contribution in [0.1, 0.15) is 107 Å². The molecule has 4 aromatic heterocycles. The Kier molecular flexibility index (Phi) is 14.1. The summed E-state index contributed by atoms with van der Waals surface area (Å²) in [5, 5.41) is 56.0. The van der Waals surface area contributed by atoms with Crippen molar-refractivity contribution in [3.63, 3.8) is 0 Å². The molecule has 5 N–H and O–H groups in total. The number of aromatic hydroxyl groups is 1. The summed E-state index contributed by atoms with van der Waals surface area (Å²) in [5.74, 6) is 1.44. The van der Waals surface area contributed by atoms with Crippen LogP contribution in [0.5, 0.6) is 11.6 Å². The molecule has 6 aliphatic rings. The van der Waals surface area contributed by atoms with E-state index in [9.17, 15) is 19.7 Å². The van der Waals surface area contributed by atoms with Gasteiger partial charge in [0.25, 0.3) is 5.88 Å². The fraction of sp³-hybridized carbons (Fsp3) is 0.467. The Labute approximate surface area is 468 Å². The Hall–Kier alpha value is -6.90. The Morgan fingerprint density at radius 2 is 1.55 bits per heavy atom. The van der Waals surface area contributed by atoms with Crippen molar-refractivity contribution in [3.8, 4) is 34.0 Å². The lowest BCUT2D eigenvalue weighted by Crippen LogP contribution is -2.54. The van der Waals surface area contributed by atoms with Crippen LogP contribution in [-0.4, -0.2) is 137 Å². The second-order valence-electron chi connectivity index (χ2n) is 23.3. The van der Waals surface area contributed by atoms with E-state index in [0.717, 1.165) is 111 Å². The van der Waals surface area contributed by atoms with Gasteiger partial charge in [-0.3, -0.25) is 4.90 Å². The third-order valence-electron chi connectivity index (χ3n) is 18.0. The van der Waals surface area contributed by atoms with Gasteiger partial charge in [0.15, 0.2) is 17.2 Å². The predicted molar refractivity (Wildman–Crippen MR) is 302 cm³/mol. The number of anilines is 2. The highest BCUT2D eigenvalue weighted by Crippen LogP contribution is 2.44. The molecule has 0 radical (unpaired) electrons. The van der Waals surface area contributed by atoms with Crippen LogP contribution >= 0.6 is 11.6 Å². The molecule has 2 bridgehead atoms. The molecule has 80 heavy (non-hydrogen) atoms. The lowest BCUT2D eigenvalue weighted by atomic mass is 9.87. The highest BCUT2D eigenvalue weighted by molar-refractivity contribution is 6.32. The molecule has 3 unspecified atom stereocenters. The zero-order valence-corrected chi connectivity index (χ0v) is 46.0. The number of piperidine rings is 1. The van der Waals surface area contributed by atoms with Gasteiger partial charge in [-0.25, -0.2) is 14.4 Å². The maximum absolute atomic E-state index is 14.5. The van der Waals surface area contributed by atoms with E-state index in [4.69, 9.17) is 35.7 Å². The van der Waals surface area contributed by atoms with Gasteiger partial charge < -0.3 is 54.4 Å². The van der Waals surface area contributed by atoms with Crippen molar-refractivity contribution in [2.45, 2.75) is 139 Å². The number of likely N-dealkylation sites (tertiary alicyclic amines) is 2. The first kappa shape index (κ1) is 52.5. The fourth-order valence-corrected chi connectivity index (χ4v) is 13.9. The minimum Gasteiger partial charge on any atom is -0.507 e. The summed E-state index contributed by atoms with van der Waals surface area (Å²) in [6, 6.07) is 23.9. The number of fused-ring (bicyclic) bond motifs is 3. The van der Waals surface area contributed by atoms with Gasteiger partial charge in [0.05, 0.1) is 29.4 Å². The quantitative estimate of drug-likeness (QED) is 0.0687. The number of benzene rings is 3. The second kappa shape index (κ2) is 21.5. The van der Waals surface area contributed by atoms with Crippen LogP contribution in [0.25, 0.3) is 33.4 Å². The molecule has 3 aromatic carbocycles. The number of hydrogen-bond donors (Lipinski definition) is 5. The van der Waals surface area contributed by atoms with E-state index in [-0.39, 0.29) is 41.0 Å². The van der Waals surface area contributed by atoms with Crippen molar-refractivity contribution < 1.29 is 33.8 Å². The monoisotopic (exact) mass is 1110 g/mol. The largest absolute Gasteiger partial charge is 0.507 e. The van der Waals surface area contributed by atoms with Crippen LogP contribution in [0.15, 0.2) is 107 Å². The number of nitrogens with one attached hydrogen (secondary N) is 2. The predicted octanol–water partition coefficient (Wildman–Crippen LogP) is 9.29. The van der Waals surface area contributed by atoms with Crippen LogP contribution in [0.2, 0.25) is 5.02 Å². The highest BCUT2D eigenvalue weighted by atomic mass is 35.5. The molecular weight excluding hydrogens is 1040 g/mol. The molecule has 1 saturated carbocycles. The molecule has 0 amide bonds. The van der Waals surface area contributed by atoms with E-state index in [0.29, 0.717) is 58.9 Å². The SMILES string of the molecule is CC(C)[C@H](c1onc(O[C@H]2CC[C@H](N3CCC(c4cnc(N5C6CCC5CN(c5c[nH]c7nnc(-c8ccccc8O)cc57)C6)nc4)CC3)CC2)c1Cl)C(O)N1C[C@H](O)C[C@H]1C1=NO[C@](C)(c2ccc(-c3ccccc3F)cc2)N1. The number of hydrogen-bond acceptors (Lipinski definition) is 17. The molecule has 7 atom stereocenters. The van der Waals surface area contributed by atoms with E-state index in [2.05, 4.69) is 57.9 Å². The summed E-state index contributed by atoms with van der Waals surface area (Å²) >= 11 is 7.06. The van der Waals surface area contributed by atoms with Crippen molar-refractivity contribution in [2.75, 3.05) is 42.5 Å². The number of oxime groups is 1. The van der Waals surface area contributed by atoms with Gasteiger partial charge in [-0.15, -0.1) is 10.2 Å². The number of H-pyrrole nitrogens is 1. The molecule has 5 aliphatic heterocycles. The molecule has 4 saturated heterocycles. The lowest BCUT2D eigenvalue weighted by Gasteiger charge is -2.42. The van der Waals surface area contributed by atoms with Gasteiger partial charge in [0, 0.05) is 85.4 Å². The second-order valence-corrected chi connectivity index (χ2v) is 23.7. The highest BCUT2D eigenvalue weighted by Gasteiger charge is 2.48. The summed E-state index contributed by atoms with van der Waals surface area (Å²) in [6.07, 6.45) is 12.6. The Bertz CT molecular complexity index is 3350. The normalized spacial score (nSPS) is 26.4. The number of nitrogens with zero attached hydrogens (tertiary/aromatic N) is 10. The molecule has 5 fully saturated rings. The van der Waals surface area contributed by atoms with Crippen LogP contribution in [0.3, 0.4) is 0 Å².